The molecule has 0 aromatic carbocycles. The van der Waals surface area contributed by atoms with Crippen LogP contribution < -0.4 is 5.48 Å². The molecule has 0 aromatic heterocycles. The molecule has 0 amide bonds. The number of rotatable bonds is 3. The minimum atomic E-state index is -0.117. The molecule has 0 aliphatic carbocycles. The van der Waals surface area contributed by atoms with Crippen molar-refractivity contribution in [1.82, 2.24) is 5.48 Å². The number of hydrogen-bond donors (Lipinski definition) is 1. The maximum atomic E-state index is 5.50. The molecule has 2 unspecified atom stereocenters. The van der Waals surface area contributed by atoms with E-state index in [2.05, 4.69) is 12.4 Å². The smallest absolute Gasteiger partial charge is 0.0813 e. The molecule has 13 heavy (non-hydrogen) atoms. The molecule has 0 aromatic rings. The fraction of sp³-hybridized carbons (Fsp3) is 1.00. The fourth-order valence-corrected chi connectivity index (χ4v) is 1.31. The Morgan fingerprint density at radius 3 is 2.62 bits per heavy atom. The van der Waals surface area contributed by atoms with Crippen molar-refractivity contribution in [2.75, 3.05) is 13.2 Å². The van der Waals surface area contributed by atoms with E-state index in [0.717, 1.165) is 19.6 Å². The van der Waals surface area contributed by atoms with Gasteiger partial charge in [-0.25, -0.2) is 0 Å². The second-order valence-electron chi connectivity index (χ2n) is 4.74. The third-order valence-electron chi connectivity index (χ3n) is 2.22. The van der Waals surface area contributed by atoms with Gasteiger partial charge in [0.15, 0.2) is 0 Å². The van der Waals surface area contributed by atoms with Gasteiger partial charge < -0.3 is 4.74 Å². The highest BCUT2D eigenvalue weighted by Gasteiger charge is 2.23. The third-order valence-corrected chi connectivity index (χ3v) is 2.22. The molecule has 3 nitrogen and oxygen atoms in total. The first-order valence-corrected chi connectivity index (χ1v) is 5.00. The number of nitrogens with one attached hydrogen (secondary N) is 1. The highest BCUT2D eigenvalue weighted by atomic mass is 16.7. The molecule has 1 saturated heterocycles. The summed E-state index contributed by atoms with van der Waals surface area (Å²) >= 11 is 0. The van der Waals surface area contributed by atoms with E-state index in [1.54, 1.807) is 0 Å². The zero-order chi connectivity index (χ0) is 9.90. The van der Waals surface area contributed by atoms with Gasteiger partial charge in [-0.3, -0.25) is 4.84 Å². The number of hydrogen-bond acceptors (Lipinski definition) is 3. The lowest BCUT2D eigenvalue weighted by Gasteiger charge is -2.25. The van der Waals surface area contributed by atoms with E-state index < -0.39 is 0 Å². The molecule has 0 radical (unpaired) electrons. The Kier molecular flexibility index (Phi) is 3.71. The molecule has 1 heterocycles. The molecule has 3 heteroatoms. The predicted octanol–water partition coefficient (Wildman–Crippen LogP) is 1.73. The summed E-state index contributed by atoms with van der Waals surface area (Å²) in [4.78, 5) is 5.50. The molecule has 1 aliphatic heterocycles. The van der Waals surface area contributed by atoms with Crippen LogP contribution in [0.2, 0.25) is 0 Å². The first-order valence-electron chi connectivity index (χ1n) is 5.00. The van der Waals surface area contributed by atoms with Crippen molar-refractivity contribution < 1.29 is 9.57 Å². The van der Waals surface area contributed by atoms with Gasteiger partial charge in [0.05, 0.1) is 12.2 Å². The van der Waals surface area contributed by atoms with Crippen LogP contribution in [0.15, 0.2) is 0 Å². The van der Waals surface area contributed by atoms with Gasteiger partial charge in [0.2, 0.25) is 0 Å². The maximum Gasteiger partial charge on any atom is 0.0813 e. The normalized spacial score (nSPS) is 26.3. The quantitative estimate of drug-likeness (QED) is 0.683. The largest absolute Gasteiger partial charge is 0.381 e. The van der Waals surface area contributed by atoms with Crippen LogP contribution in [0.25, 0.3) is 0 Å². The van der Waals surface area contributed by atoms with Crippen LogP contribution in [-0.2, 0) is 9.57 Å². The van der Waals surface area contributed by atoms with Gasteiger partial charge in [-0.2, -0.15) is 5.48 Å². The molecule has 0 saturated carbocycles. The van der Waals surface area contributed by atoms with Crippen molar-refractivity contribution in [1.29, 1.82) is 0 Å². The molecule has 2 atom stereocenters. The molecule has 0 spiro atoms. The van der Waals surface area contributed by atoms with Crippen LogP contribution in [0.3, 0.4) is 0 Å². The first kappa shape index (κ1) is 11.0. The molecular formula is C10H21NO2. The van der Waals surface area contributed by atoms with Gasteiger partial charge in [-0.05, 0) is 34.1 Å². The Bertz CT molecular complexity index is 147. The van der Waals surface area contributed by atoms with Crippen molar-refractivity contribution in [3.8, 4) is 0 Å². The van der Waals surface area contributed by atoms with Crippen molar-refractivity contribution in [3.63, 3.8) is 0 Å². The molecular weight excluding hydrogens is 166 g/mol. The van der Waals surface area contributed by atoms with E-state index in [-0.39, 0.29) is 5.60 Å². The second kappa shape index (κ2) is 4.40. The van der Waals surface area contributed by atoms with E-state index in [0.29, 0.717) is 12.0 Å². The molecule has 1 rings (SSSR count). The van der Waals surface area contributed by atoms with Crippen LogP contribution in [-0.4, -0.2) is 24.9 Å². The molecule has 78 valence electrons. The van der Waals surface area contributed by atoms with Gasteiger partial charge in [-0.1, -0.05) is 0 Å². The van der Waals surface area contributed by atoms with Gasteiger partial charge in [0.25, 0.3) is 0 Å². The van der Waals surface area contributed by atoms with Crippen molar-refractivity contribution in [2.45, 2.75) is 45.8 Å². The van der Waals surface area contributed by atoms with Crippen LogP contribution in [0.1, 0.15) is 34.1 Å². The Morgan fingerprint density at radius 1 is 1.46 bits per heavy atom. The van der Waals surface area contributed by atoms with Crippen LogP contribution in [0.5, 0.6) is 0 Å². The summed E-state index contributed by atoms with van der Waals surface area (Å²) in [6.45, 7) is 10.0. The van der Waals surface area contributed by atoms with E-state index in [9.17, 15) is 0 Å². The van der Waals surface area contributed by atoms with Crippen LogP contribution in [0, 0.1) is 5.92 Å². The summed E-state index contributed by atoms with van der Waals surface area (Å²) in [7, 11) is 0. The number of ether oxygens (including phenoxy) is 1. The third kappa shape index (κ3) is 4.07. The molecule has 0 bridgehead atoms. The lowest BCUT2D eigenvalue weighted by Crippen LogP contribution is -2.39. The average molecular weight is 187 g/mol. The van der Waals surface area contributed by atoms with Crippen molar-refractivity contribution >= 4 is 0 Å². The highest BCUT2D eigenvalue weighted by molar-refractivity contribution is 4.73. The second-order valence-corrected chi connectivity index (χ2v) is 4.74. The monoisotopic (exact) mass is 187 g/mol. The fourth-order valence-electron chi connectivity index (χ4n) is 1.31. The van der Waals surface area contributed by atoms with Crippen molar-refractivity contribution in [2.24, 2.45) is 5.92 Å². The standard InChI is InChI=1S/C10H21NO2/c1-8(9-5-6-12-7-9)11-13-10(2,3)4/h8-9,11H,5-7H2,1-4H3. The Labute approximate surface area is 80.7 Å². The van der Waals surface area contributed by atoms with Crippen LogP contribution in [0.4, 0.5) is 0 Å². The summed E-state index contributed by atoms with van der Waals surface area (Å²) in [5.74, 6) is 0.599. The SMILES string of the molecule is CC(NOC(C)(C)C)C1CCOC1. The summed E-state index contributed by atoms with van der Waals surface area (Å²) < 4.78 is 5.31. The van der Waals surface area contributed by atoms with E-state index in [4.69, 9.17) is 9.57 Å². The summed E-state index contributed by atoms with van der Waals surface area (Å²) in [5, 5.41) is 0. The zero-order valence-electron chi connectivity index (χ0n) is 9.09. The van der Waals surface area contributed by atoms with E-state index in [1.165, 1.54) is 0 Å². The summed E-state index contributed by atoms with van der Waals surface area (Å²) in [6, 6.07) is 0.377. The Hall–Kier alpha value is -0.120. The van der Waals surface area contributed by atoms with Gasteiger partial charge in [-0.15, -0.1) is 0 Å². The van der Waals surface area contributed by atoms with Gasteiger partial charge in [0, 0.05) is 18.6 Å². The Morgan fingerprint density at radius 2 is 2.15 bits per heavy atom. The van der Waals surface area contributed by atoms with E-state index >= 15 is 0 Å². The average Bonchev–Trinajstić information content (AvgIpc) is 2.50. The molecule has 1 fully saturated rings. The lowest BCUT2D eigenvalue weighted by molar-refractivity contribution is -0.0934. The number of hydroxylamine groups is 1. The van der Waals surface area contributed by atoms with E-state index in [1.807, 2.05) is 20.8 Å². The predicted molar refractivity (Wildman–Crippen MR) is 52.4 cm³/mol. The van der Waals surface area contributed by atoms with Crippen LogP contribution >= 0.6 is 0 Å². The van der Waals surface area contributed by atoms with Gasteiger partial charge >= 0.3 is 0 Å². The van der Waals surface area contributed by atoms with Gasteiger partial charge in [0.1, 0.15) is 0 Å². The van der Waals surface area contributed by atoms with Crippen molar-refractivity contribution in [3.05, 3.63) is 0 Å². The molecule has 1 aliphatic rings. The lowest BCUT2D eigenvalue weighted by atomic mass is 10.0. The molecule has 1 N–H and O–H groups in total. The zero-order valence-corrected chi connectivity index (χ0v) is 9.09. The summed E-state index contributed by atoms with van der Waals surface area (Å²) in [6.07, 6.45) is 1.14. The maximum absolute atomic E-state index is 5.50. The minimum absolute atomic E-state index is 0.117. The summed E-state index contributed by atoms with van der Waals surface area (Å²) in [5.41, 5.74) is 2.97. The first-order chi connectivity index (χ1) is 5.99. The minimum Gasteiger partial charge on any atom is -0.381 e. The Balaban J connectivity index is 2.20. The highest BCUT2D eigenvalue weighted by Crippen LogP contribution is 2.17. The topological polar surface area (TPSA) is 30.5 Å².